The van der Waals surface area contributed by atoms with E-state index in [1.165, 1.54) is 0 Å². The van der Waals surface area contributed by atoms with Gasteiger partial charge in [-0.05, 0) is 27.7 Å². The van der Waals surface area contributed by atoms with Crippen LogP contribution >= 0.6 is 0 Å². The summed E-state index contributed by atoms with van der Waals surface area (Å²) >= 11 is 0. The average molecular weight is 274 g/mol. The van der Waals surface area contributed by atoms with E-state index in [0.29, 0.717) is 12.7 Å². The third-order valence-corrected chi connectivity index (χ3v) is 1.75. The Morgan fingerprint density at radius 3 is 2.35 bits per heavy atom. The standard InChI is InChI=1S/C9H17NO2.ClH3O4/c1-5-11-8-10-9(3,4)6-7(2)12-8;2-1(3,4)5/h7H,5-6H2,1-4H3;2-4H. The van der Waals surface area contributed by atoms with Gasteiger partial charge < -0.3 is 9.47 Å². The predicted octanol–water partition coefficient (Wildman–Crippen LogP) is -0.894. The molecule has 0 amide bonds. The van der Waals surface area contributed by atoms with Gasteiger partial charge in [-0.25, -0.2) is 4.99 Å². The Kier molecular flexibility index (Phi) is 6.14. The number of hydrogen-bond acceptors (Lipinski definition) is 7. The van der Waals surface area contributed by atoms with Gasteiger partial charge in [0.15, 0.2) is 0 Å². The molecular formula is C9H20ClNO6. The van der Waals surface area contributed by atoms with Crippen molar-refractivity contribution in [2.24, 2.45) is 4.99 Å². The quantitative estimate of drug-likeness (QED) is 0.571. The first-order valence-corrected chi connectivity index (χ1v) is 6.41. The van der Waals surface area contributed by atoms with E-state index in [9.17, 15) is 0 Å². The molecule has 1 aliphatic rings. The van der Waals surface area contributed by atoms with Crippen LogP contribution in [-0.4, -0.2) is 38.3 Å². The SMILES string of the molecule is CCOC1=NC(C)(C)CC(C)O1.[O-][Cl+](O)(O)O. The molecule has 0 saturated carbocycles. The van der Waals surface area contributed by atoms with E-state index < -0.39 is 10.2 Å². The number of halogens is 1. The maximum atomic E-state index is 8.83. The van der Waals surface area contributed by atoms with Crippen LogP contribution in [0.5, 0.6) is 0 Å². The van der Waals surface area contributed by atoms with Gasteiger partial charge in [-0.3, -0.25) is 0 Å². The molecule has 1 unspecified atom stereocenters. The Bertz CT molecular complexity index is 257. The molecule has 1 heterocycles. The van der Waals surface area contributed by atoms with Crippen molar-refractivity contribution in [1.82, 2.24) is 0 Å². The third kappa shape index (κ3) is 10.3. The molecule has 1 aliphatic heterocycles. The van der Waals surface area contributed by atoms with Crippen LogP contribution in [0.3, 0.4) is 0 Å². The molecule has 3 N–H and O–H groups in total. The molecule has 8 heteroatoms. The van der Waals surface area contributed by atoms with E-state index in [1.54, 1.807) is 0 Å². The molecular weight excluding hydrogens is 254 g/mol. The second-order valence-corrected chi connectivity index (χ2v) is 5.06. The number of rotatable bonds is 1. The van der Waals surface area contributed by atoms with E-state index in [-0.39, 0.29) is 11.6 Å². The van der Waals surface area contributed by atoms with Crippen LogP contribution in [0, 0.1) is 10.2 Å². The molecule has 17 heavy (non-hydrogen) atoms. The van der Waals surface area contributed by atoms with Crippen LogP contribution in [0.15, 0.2) is 4.99 Å². The van der Waals surface area contributed by atoms with Crippen molar-refractivity contribution in [2.75, 3.05) is 6.61 Å². The van der Waals surface area contributed by atoms with E-state index in [2.05, 4.69) is 18.8 Å². The van der Waals surface area contributed by atoms with E-state index in [4.69, 9.17) is 28.1 Å². The Labute approximate surface area is 102 Å². The van der Waals surface area contributed by atoms with Crippen molar-refractivity contribution in [3.05, 3.63) is 0 Å². The fraction of sp³-hybridized carbons (Fsp3) is 0.889. The van der Waals surface area contributed by atoms with Crippen LogP contribution < -0.4 is 4.66 Å². The van der Waals surface area contributed by atoms with Crippen molar-refractivity contribution < 1.29 is 38.4 Å². The molecule has 104 valence electrons. The summed E-state index contributed by atoms with van der Waals surface area (Å²) in [4.78, 5) is 4.33. The van der Waals surface area contributed by atoms with Gasteiger partial charge in [0, 0.05) is 6.42 Å². The maximum absolute atomic E-state index is 8.83. The summed E-state index contributed by atoms with van der Waals surface area (Å²) in [5.74, 6) is 0. The molecule has 0 spiro atoms. The first-order valence-electron chi connectivity index (χ1n) is 5.09. The molecule has 0 saturated heterocycles. The summed E-state index contributed by atoms with van der Waals surface area (Å²) in [6.07, 6.45) is 1.60. The van der Waals surface area contributed by atoms with Crippen LogP contribution in [0.1, 0.15) is 34.1 Å². The zero-order valence-electron chi connectivity index (χ0n) is 10.4. The summed E-state index contributed by atoms with van der Waals surface area (Å²) < 4.78 is 40.8. The van der Waals surface area contributed by atoms with Gasteiger partial charge in [-0.15, -0.1) is 0 Å². The normalized spacial score (nSPS) is 23.8. The third-order valence-electron chi connectivity index (χ3n) is 1.75. The minimum atomic E-state index is -4.19. The molecule has 0 radical (unpaired) electrons. The van der Waals surface area contributed by atoms with Crippen molar-refractivity contribution in [3.8, 4) is 0 Å². The first-order chi connectivity index (χ1) is 7.53. The molecule has 0 aromatic carbocycles. The van der Waals surface area contributed by atoms with E-state index >= 15 is 0 Å². The number of aliphatic imine (C=N–C) groups is 1. The van der Waals surface area contributed by atoms with Gasteiger partial charge in [-0.2, -0.15) is 0 Å². The van der Waals surface area contributed by atoms with Gasteiger partial charge in [0.2, 0.25) is 0 Å². The second-order valence-electron chi connectivity index (χ2n) is 4.19. The topological polar surface area (TPSA) is 115 Å². The number of ether oxygens (including phenoxy) is 2. The second kappa shape index (κ2) is 6.36. The first kappa shape index (κ1) is 16.4. The zero-order valence-corrected chi connectivity index (χ0v) is 11.1. The van der Waals surface area contributed by atoms with Crippen molar-refractivity contribution in [1.29, 1.82) is 0 Å². The number of nitrogens with zero attached hydrogens (tertiary/aromatic N) is 1. The van der Waals surface area contributed by atoms with E-state index in [1.807, 2.05) is 13.8 Å². The molecule has 0 aromatic rings. The van der Waals surface area contributed by atoms with Crippen LogP contribution in [0.25, 0.3) is 0 Å². The Balaban J connectivity index is 0.000000437. The summed E-state index contributed by atoms with van der Waals surface area (Å²) in [5.41, 5.74) is -0.0395. The fourth-order valence-electron chi connectivity index (χ4n) is 1.43. The van der Waals surface area contributed by atoms with Crippen molar-refractivity contribution >= 4 is 6.08 Å². The van der Waals surface area contributed by atoms with Crippen LogP contribution in [-0.2, 0) is 9.47 Å². The summed E-state index contributed by atoms with van der Waals surface area (Å²) in [7, 11) is -4.19. The Hall–Kier alpha value is -0.600. The Morgan fingerprint density at radius 2 is 2.00 bits per heavy atom. The van der Waals surface area contributed by atoms with Crippen molar-refractivity contribution in [3.63, 3.8) is 0 Å². The summed E-state index contributed by atoms with van der Waals surface area (Å²) in [5, 5.41) is 0. The van der Waals surface area contributed by atoms with Crippen LogP contribution in [0.4, 0.5) is 0 Å². The molecule has 1 atom stereocenters. The monoisotopic (exact) mass is 273 g/mol. The Morgan fingerprint density at radius 1 is 1.53 bits per heavy atom. The van der Waals surface area contributed by atoms with Crippen LogP contribution in [0.2, 0.25) is 0 Å². The minimum absolute atomic E-state index is 0.0395. The number of hydrogen-bond donors (Lipinski definition) is 3. The van der Waals surface area contributed by atoms with Gasteiger partial charge in [0.25, 0.3) is 0 Å². The molecule has 7 nitrogen and oxygen atoms in total. The average Bonchev–Trinajstić information content (AvgIpc) is 1.95. The van der Waals surface area contributed by atoms with E-state index in [0.717, 1.165) is 6.42 Å². The summed E-state index contributed by atoms with van der Waals surface area (Å²) in [6.45, 7) is 8.76. The van der Waals surface area contributed by atoms with Gasteiger partial charge in [0.1, 0.15) is 6.10 Å². The zero-order chi connectivity index (χ0) is 13.7. The molecule has 0 aliphatic carbocycles. The predicted molar refractivity (Wildman–Crippen MR) is 55.0 cm³/mol. The molecule has 0 aromatic heterocycles. The molecule has 1 rings (SSSR count). The summed E-state index contributed by atoms with van der Waals surface area (Å²) in [6, 6.07) is 0. The fourth-order valence-corrected chi connectivity index (χ4v) is 1.43. The molecule has 0 fully saturated rings. The van der Waals surface area contributed by atoms with Crippen molar-refractivity contribution in [2.45, 2.75) is 45.8 Å². The van der Waals surface area contributed by atoms with Gasteiger partial charge in [0.05, 0.1) is 12.1 Å². The van der Waals surface area contributed by atoms with Gasteiger partial charge >= 0.3 is 35.0 Å². The molecule has 0 bridgehead atoms. The van der Waals surface area contributed by atoms with Gasteiger partial charge in [-0.1, -0.05) is 0 Å².